The Labute approximate surface area is 210 Å². The molecule has 0 saturated heterocycles. The number of methoxy groups -OCH3 is 1. The molecule has 186 valence electrons. The molecular formula is C27H33N3O4S. The molecule has 1 heterocycles. The number of hydrogen-bond donors (Lipinski definition) is 1. The van der Waals surface area contributed by atoms with Crippen molar-refractivity contribution in [2.24, 2.45) is 5.92 Å². The minimum Gasteiger partial charge on any atom is -0.465 e. The van der Waals surface area contributed by atoms with Crippen LogP contribution in [-0.4, -0.2) is 39.8 Å². The third-order valence-electron chi connectivity index (χ3n) is 5.64. The maximum atomic E-state index is 13.3. The van der Waals surface area contributed by atoms with Crippen molar-refractivity contribution in [3.63, 3.8) is 0 Å². The van der Waals surface area contributed by atoms with Gasteiger partial charge in [-0.25, -0.2) is 9.78 Å². The number of rotatable bonds is 10. The average Bonchev–Trinajstić information content (AvgIpc) is 2.84. The first-order chi connectivity index (χ1) is 16.7. The second kappa shape index (κ2) is 12.0. The predicted molar refractivity (Wildman–Crippen MR) is 140 cm³/mol. The molecule has 8 heteroatoms. The Morgan fingerprint density at radius 1 is 1.09 bits per heavy atom. The summed E-state index contributed by atoms with van der Waals surface area (Å²) in [5.74, 6) is -0.390. The molecule has 3 aromatic rings. The van der Waals surface area contributed by atoms with Gasteiger partial charge in [0.25, 0.3) is 5.56 Å². The molecule has 1 aromatic heterocycles. The monoisotopic (exact) mass is 495 g/mol. The molecule has 0 unspecified atom stereocenters. The number of fused-ring (bicyclic) bond motifs is 1. The van der Waals surface area contributed by atoms with Gasteiger partial charge >= 0.3 is 5.97 Å². The summed E-state index contributed by atoms with van der Waals surface area (Å²) >= 11 is 1.25. The van der Waals surface area contributed by atoms with Gasteiger partial charge in [-0.3, -0.25) is 14.2 Å². The van der Waals surface area contributed by atoms with Crippen LogP contribution in [0, 0.1) is 5.92 Å². The molecule has 0 saturated carbocycles. The van der Waals surface area contributed by atoms with E-state index in [-0.39, 0.29) is 23.4 Å². The summed E-state index contributed by atoms with van der Waals surface area (Å²) in [4.78, 5) is 42.8. The number of thioether (sulfide) groups is 1. The van der Waals surface area contributed by atoms with Crippen molar-refractivity contribution in [1.29, 1.82) is 0 Å². The van der Waals surface area contributed by atoms with Crippen molar-refractivity contribution in [2.75, 3.05) is 7.11 Å². The van der Waals surface area contributed by atoms with Crippen molar-refractivity contribution in [1.82, 2.24) is 14.9 Å². The predicted octanol–water partition coefficient (Wildman–Crippen LogP) is 4.46. The van der Waals surface area contributed by atoms with Gasteiger partial charge in [-0.2, -0.15) is 0 Å². The smallest absolute Gasteiger partial charge is 0.337 e. The zero-order chi connectivity index (χ0) is 25.5. The van der Waals surface area contributed by atoms with Crippen LogP contribution in [0.15, 0.2) is 58.5 Å². The third kappa shape index (κ3) is 6.94. The molecule has 1 N–H and O–H groups in total. The maximum absolute atomic E-state index is 13.3. The minimum absolute atomic E-state index is 0.00999. The lowest BCUT2D eigenvalue weighted by atomic mass is 10.1. The molecule has 3 rings (SSSR count). The number of ether oxygens (including phenoxy) is 1. The standard InChI is InChI=1S/C27H33N3O4S/c1-17(2)16-30-25(32)22-14-13-21(26(33)34-5)15-23(22)29-27(30)35-19(4)24(31)28-18(3)11-12-20-9-7-6-8-10-20/h6-10,13-15,17-19H,11-12,16H2,1-5H3,(H,28,31)/t18-,19-/m0/s1. The van der Waals surface area contributed by atoms with Crippen LogP contribution >= 0.6 is 11.8 Å². The molecule has 0 fully saturated rings. The number of nitrogens with zero attached hydrogens (tertiary/aromatic N) is 2. The van der Waals surface area contributed by atoms with Gasteiger partial charge in [0.15, 0.2) is 5.16 Å². The van der Waals surface area contributed by atoms with Crippen LogP contribution in [0.3, 0.4) is 0 Å². The number of carbonyl (C=O) groups is 2. The Bertz CT molecular complexity index is 1240. The van der Waals surface area contributed by atoms with Crippen molar-refractivity contribution in [2.45, 2.75) is 63.5 Å². The SMILES string of the molecule is COC(=O)c1ccc2c(=O)n(CC(C)C)c(S[C@@H](C)C(=O)N[C@@H](C)CCc3ccccc3)nc2c1. The molecule has 1 amide bonds. The Kier molecular flexibility index (Phi) is 9.09. The summed E-state index contributed by atoms with van der Waals surface area (Å²) in [7, 11) is 1.31. The number of esters is 1. The van der Waals surface area contributed by atoms with E-state index in [1.807, 2.05) is 45.9 Å². The van der Waals surface area contributed by atoms with Gasteiger partial charge in [0.05, 0.1) is 28.8 Å². The van der Waals surface area contributed by atoms with Crippen LogP contribution in [0.4, 0.5) is 0 Å². The summed E-state index contributed by atoms with van der Waals surface area (Å²) in [6.07, 6.45) is 1.71. The van der Waals surface area contributed by atoms with Crippen LogP contribution in [0.1, 0.15) is 50.0 Å². The Morgan fingerprint density at radius 3 is 2.46 bits per heavy atom. The topological polar surface area (TPSA) is 90.3 Å². The zero-order valence-corrected chi connectivity index (χ0v) is 21.7. The number of aromatic nitrogens is 2. The fourth-order valence-electron chi connectivity index (χ4n) is 3.73. The fourth-order valence-corrected chi connectivity index (χ4v) is 4.66. The highest BCUT2D eigenvalue weighted by molar-refractivity contribution is 8.00. The van der Waals surface area contributed by atoms with Gasteiger partial charge in [-0.1, -0.05) is 55.9 Å². The minimum atomic E-state index is -0.494. The van der Waals surface area contributed by atoms with Gasteiger partial charge in [0.1, 0.15) is 0 Å². The van der Waals surface area contributed by atoms with E-state index in [1.54, 1.807) is 22.8 Å². The van der Waals surface area contributed by atoms with E-state index in [1.165, 1.54) is 24.4 Å². The van der Waals surface area contributed by atoms with Crippen LogP contribution in [0.2, 0.25) is 0 Å². The molecule has 0 spiro atoms. The lowest BCUT2D eigenvalue weighted by molar-refractivity contribution is -0.120. The average molecular weight is 496 g/mol. The Hall–Kier alpha value is -3.13. The third-order valence-corrected chi connectivity index (χ3v) is 6.73. The maximum Gasteiger partial charge on any atom is 0.337 e. The molecule has 0 aliphatic rings. The molecule has 35 heavy (non-hydrogen) atoms. The van der Waals surface area contributed by atoms with Gasteiger partial charge < -0.3 is 10.1 Å². The molecule has 0 bridgehead atoms. The number of nitrogens with one attached hydrogen (secondary N) is 1. The number of aryl methyl sites for hydroxylation is 1. The lowest BCUT2D eigenvalue weighted by Gasteiger charge is -2.20. The first-order valence-electron chi connectivity index (χ1n) is 11.8. The first-order valence-corrected chi connectivity index (χ1v) is 12.7. The number of hydrogen-bond acceptors (Lipinski definition) is 6. The van der Waals surface area contributed by atoms with Crippen LogP contribution < -0.4 is 10.9 Å². The highest BCUT2D eigenvalue weighted by atomic mass is 32.2. The highest BCUT2D eigenvalue weighted by Gasteiger charge is 2.21. The van der Waals surface area contributed by atoms with Gasteiger partial charge in [0, 0.05) is 12.6 Å². The summed E-state index contributed by atoms with van der Waals surface area (Å²) in [6, 6.07) is 14.9. The van der Waals surface area contributed by atoms with Gasteiger partial charge in [-0.15, -0.1) is 0 Å². The van der Waals surface area contributed by atoms with E-state index < -0.39 is 11.2 Å². The summed E-state index contributed by atoms with van der Waals surface area (Å²) in [5, 5.41) is 3.50. The molecule has 2 atom stereocenters. The zero-order valence-electron chi connectivity index (χ0n) is 20.9. The van der Waals surface area contributed by atoms with E-state index in [9.17, 15) is 14.4 Å². The molecule has 2 aromatic carbocycles. The second-order valence-corrected chi connectivity index (χ2v) is 10.4. The van der Waals surface area contributed by atoms with Crippen LogP contribution in [-0.2, 0) is 22.5 Å². The van der Waals surface area contributed by atoms with Gasteiger partial charge in [0.2, 0.25) is 5.91 Å². The Balaban J connectivity index is 1.80. The molecule has 0 aliphatic carbocycles. The van der Waals surface area contributed by atoms with Crippen molar-refractivity contribution >= 4 is 34.5 Å². The van der Waals surface area contributed by atoms with E-state index in [4.69, 9.17) is 4.74 Å². The van der Waals surface area contributed by atoms with E-state index >= 15 is 0 Å². The Morgan fingerprint density at radius 2 is 1.80 bits per heavy atom. The number of carbonyl (C=O) groups excluding carboxylic acids is 2. The normalized spacial score (nSPS) is 13.0. The second-order valence-electron chi connectivity index (χ2n) is 9.12. The van der Waals surface area contributed by atoms with Crippen molar-refractivity contribution in [3.8, 4) is 0 Å². The molecule has 7 nitrogen and oxygen atoms in total. The van der Waals surface area contributed by atoms with Gasteiger partial charge in [-0.05, 0) is 56.4 Å². The van der Waals surface area contributed by atoms with Crippen LogP contribution in [0.25, 0.3) is 10.9 Å². The summed E-state index contributed by atoms with van der Waals surface area (Å²) in [5.41, 5.74) is 1.78. The lowest BCUT2D eigenvalue weighted by Crippen LogP contribution is -2.38. The molecule has 0 radical (unpaired) electrons. The number of amides is 1. The molecular weight excluding hydrogens is 462 g/mol. The summed E-state index contributed by atoms with van der Waals surface area (Å²) < 4.78 is 6.42. The number of benzene rings is 2. The van der Waals surface area contributed by atoms with Crippen molar-refractivity contribution < 1.29 is 14.3 Å². The van der Waals surface area contributed by atoms with E-state index in [0.29, 0.717) is 28.2 Å². The fraction of sp³-hybridized carbons (Fsp3) is 0.407. The van der Waals surface area contributed by atoms with Crippen molar-refractivity contribution in [3.05, 3.63) is 70.0 Å². The van der Waals surface area contributed by atoms with E-state index in [0.717, 1.165) is 12.8 Å². The highest BCUT2D eigenvalue weighted by Crippen LogP contribution is 2.24. The van der Waals surface area contributed by atoms with E-state index in [2.05, 4.69) is 22.4 Å². The summed E-state index contributed by atoms with van der Waals surface area (Å²) in [6.45, 7) is 8.33. The largest absolute Gasteiger partial charge is 0.465 e. The molecule has 0 aliphatic heterocycles. The quantitative estimate of drug-likeness (QED) is 0.254. The van der Waals surface area contributed by atoms with Crippen LogP contribution in [0.5, 0.6) is 0 Å². The first kappa shape index (κ1) is 26.5.